The number of rotatable bonds is 3. The number of halogens is 5. The molecule has 0 bridgehead atoms. The van der Waals surface area contributed by atoms with E-state index in [-0.39, 0.29) is 48.3 Å². The predicted octanol–water partition coefficient (Wildman–Crippen LogP) is 5.07. The van der Waals surface area contributed by atoms with Gasteiger partial charge in [-0.3, -0.25) is 4.79 Å². The molecule has 6 heteroatoms. The monoisotopic (exact) mass is 366 g/mol. The third kappa shape index (κ3) is 4.05. The third-order valence-corrected chi connectivity index (χ3v) is 4.93. The molecular weight excluding hydrogens is 352 g/mol. The zero-order valence-corrected chi connectivity index (χ0v) is 12.8. The number of ketones is 1. The highest BCUT2D eigenvalue weighted by atomic mass is 79.9. The lowest BCUT2D eigenvalue weighted by molar-refractivity contribution is -0.184. The molecule has 0 aromatic heterocycles. The van der Waals surface area contributed by atoms with E-state index in [9.17, 15) is 22.4 Å². The molecule has 1 aromatic carbocycles. The van der Waals surface area contributed by atoms with E-state index in [0.717, 1.165) is 0 Å². The van der Waals surface area contributed by atoms with Gasteiger partial charge in [0.15, 0.2) is 0 Å². The predicted molar refractivity (Wildman–Crippen MR) is 74.3 cm³/mol. The van der Waals surface area contributed by atoms with E-state index in [2.05, 4.69) is 15.9 Å². The van der Waals surface area contributed by atoms with Gasteiger partial charge >= 0.3 is 6.18 Å². The van der Waals surface area contributed by atoms with Crippen molar-refractivity contribution >= 4 is 21.7 Å². The maximum atomic E-state index is 13.4. The topological polar surface area (TPSA) is 17.1 Å². The molecule has 0 saturated heterocycles. The summed E-state index contributed by atoms with van der Waals surface area (Å²) in [4.78, 5) is 12.2. The SMILES string of the molecule is O=C(Cc1cccc(F)c1Br)C1CCC(C(F)(F)F)CC1. The van der Waals surface area contributed by atoms with Crippen molar-refractivity contribution < 1.29 is 22.4 Å². The molecule has 1 fully saturated rings. The summed E-state index contributed by atoms with van der Waals surface area (Å²) in [5.41, 5.74) is 0.540. The molecule has 0 heterocycles. The molecular formula is C15H15BrF4O. The molecule has 1 aliphatic carbocycles. The molecule has 1 aliphatic rings. The lowest BCUT2D eigenvalue weighted by Crippen LogP contribution is -2.30. The molecule has 0 N–H and O–H groups in total. The Morgan fingerprint density at radius 3 is 2.38 bits per heavy atom. The highest BCUT2D eigenvalue weighted by Gasteiger charge is 2.42. The van der Waals surface area contributed by atoms with Gasteiger partial charge in [0.1, 0.15) is 11.6 Å². The van der Waals surface area contributed by atoms with Gasteiger partial charge in [-0.05, 0) is 53.2 Å². The van der Waals surface area contributed by atoms with E-state index < -0.39 is 17.9 Å². The normalized spacial score (nSPS) is 23.1. The van der Waals surface area contributed by atoms with Crippen LogP contribution in [0.5, 0.6) is 0 Å². The van der Waals surface area contributed by atoms with Crippen LogP contribution in [-0.2, 0) is 11.2 Å². The van der Waals surface area contributed by atoms with Gasteiger partial charge in [-0.1, -0.05) is 12.1 Å². The first kappa shape index (κ1) is 16.5. The van der Waals surface area contributed by atoms with Crippen molar-refractivity contribution in [1.29, 1.82) is 0 Å². The number of benzene rings is 1. The third-order valence-electron chi connectivity index (χ3n) is 4.04. The van der Waals surface area contributed by atoms with Crippen LogP contribution < -0.4 is 0 Å². The van der Waals surface area contributed by atoms with E-state index >= 15 is 0 Å². The molecule has 0 spiro atoms. The zero-order valence-electron chi connectivity index (χ0n) is 11.2. The summed E-state index contributed by atoms with van der Waals surface area (Å²) in [6, 6.07) is 4.45. The highest BCUT2D eigenvalue weighted by Crippen LogP contribution is 2.40. The number of hydrogen-bond acceptors (Lipinski definition) is 1. The summed E-state index contributed by atoms with van der Waals surface area (Å²) < 4.78 is 51.4. The van der Waals surface area contributed by atoms with Gasteiger partial charge < -0.3 is 0 Å². The van der Waals surface area contributed by atoms with Crippen molar-refractivity contribution in [3.63, 3.8) is 0 Å². The Hall–Kier alpha value is -0.910. The van der Waals surface area contributed by atoms with E-state index in [0.29, 0.717) is 5.56 Å². The number of hydrogen-bond donors (Lipinski definition) is 0. The summed E-state index contributed by atoms with van der Waals surface area (Å²) in [7, 11) is 0. The number of carbonyl (C=O) groups is 1. The van der Waals surface area contributed by atoms with Gasteiger partial charge in [0, 0.05) is 12.3 Å². The molecule has 1 nitrogen and oxygen atoms in total. The maximum Gasteiger partial charge on any atom is 0.391 e. The summed E-state index contributed by atoms with van der Waals surface area (Å²) in [5, 5.41) is 0. The Balaban J connectivity index is 1.95. The average molecular weight is 367 g/mol. The van der Waals surface area contributed by atoms with E-state index in [1.54, 1.807) is 6.07 Å². The Labute approximate surface area is 128 Å². The molecule has 1 aromatic rings. The van der Waals surface area contributed by atoms with E-state index in [4.69, 9.17) is 0 Å². The van der Waals surface area contributed by atoms with Crippen LogP contribution in [0.25, 0.3) is 0 Å². The highest BCUT2D eigenvalue weighted by molar-refractivity contribution is 9.10. The second kappa shape index (κ2) is 6.46. The van der Waals surface area contributed by atoms with Crippen LogP contribution in [0.3, 0.4) is 0 Å². The molecule has 116 valence electrons. The second-order valence-electron chi connectivity index (χ2n) is 5.45. The molecule has 1 saturated carbocycles. The van der Waals surface area contributed by atoms with Gasteiger partial charge in [0.2, 0.25) is 0 Å². The second-order valence-corrected chi connectivity index (χ2v) is 6.24. The maximum absolute atomic E-state index is 13.4. The van der Waals surface area contributed by atoms with Gasteiger partial charge in [0.05, 0.1) is 10.4 Å². The number of Topliss-reactive ketones (excluding diaryl/α,β-unsaturated/α-hetero) is 1. The largest absolute Gasteiger partial charge is 0.391 e. The fourth-order valence-electron chi connectivity index (χ4n) is 2.76. The van der Waals surface area contributed by atoms with Crippen LogP contribution in [-0.4, -0.2) is 12.0 Å². The minimum absolute atomic E-state index is 0.00419. The van der Waals surface area contributed by atoms with E-state index in [1.807, 2.05) is 0 Å². The van der Waals surface area contributed by atoms with Crippen LogP contribution >= 0.6 is 15.9 Å². The first-order chi connectivity index (χ1) is 9.79. The number of alkyl halides is 3. The Kier molecular flexibility index (Phi) is 5.07. The summed E-state index contributed by atoms with van der Waals surface area (Å²) in [6.45, 7) is 0. The molecule has 2 rings (SSSR count). The summed E-state index contributed by atoms with van der Waals surface area (Å²) >= 11 is 3.09. The molecule has 0 atom stereocenters. The summed E-state index contributed by atoms with van der Waals surface area (Å²) in [6.07, 6.45) is -3.58. The fourth-order valence-corrected chi connectivity index (χ4v) is 3.16. The van der Waals surface area contributed by atoms with Gasteiger partial charge in [-0.25, -0.2) is 4.39 Å². The van der Waals surface area contributed by atoms with Crippen LogP contribution in [0.15, 0.2) is 22.7 Å². The summed E-state index contributed by atoms with van der Waals surface area (Å²) in [5.74, 6) is -2.19. The molecule has 21 heavy (non-hydrogen) atoms. The van der Waals surface area contributed by atoms with Crippen molar-refractivity contribution in [2.45, 2.75) is 38.3 Å². The minimum atomic E-state index is -4.17. The van der Waals surface area contributed by atoms with Crippen molar-refractivity contribution in [3.05, 3.63) is 34.1 Å². The zero-order chi connectivity index (χ0) is 15.6. The first-order valence-electron chi connectivity index (χ1n) is 6.81. The first-order valence-corrected chi connectivity index (χ1v) is 7.60. The van der Waals surface area contributed by atoms with E-state index in [1.165, 1.54) is 12.1 Å². The smallest absolute Gasteiger partial charge is 0.299 e. The minimum Gasteiger partial charge on any atom is -0.299 e. The van der Waals surface area contributed by atoms with Crippen molar-refractivity contribution in [3.8, 4) is 0 Å². The van der Waals surface area contributed by atoms with Crippen molar-refractivity contribution in [1.82, 2.24) is 0 Å². The lowest BCUT2D eigenvalue weighted by atomic mass is 9.78. The lowest BCUT2D eigenvalue weighted by Gasteiger charge is -2.29. The molecule has 0 unspecified atom stereocenters. The Morgan fingerprint density at radius 2 is 1.81 bits per heavy atom. The van der Waals surface area contributed by atoms with Crippen molar-refractivity contribution in [2.75, 3.05) is 0 Å². The quantitative estimate of drug-likeness (QED) is 0.682. The van der Waals surface area contributed by atoms with Crippen molar-refractivity contribution in [2.24, 2.45) is 11.8 Å². The van der Waals surface area contributed by atoms with Crippen LogP contribution in [0, 0.1) is 17.7 Å². The fraction of sp³-hybridized carbons (Fsp3) is 0.533. The van der Waals surface area contributed by atoms with Crippen LogP contribution in [0.1, 0.15) is 31.2 Å². The van der Waals surface area contributed by atoms with Gasteiger partial charge in [0.25, 0.3) is 0 Å². The standard InChI is InChI=1S/C15H15BrF4O/c16-14-10(2-1-3-12(14)17)8-13(21)9-4-6-11(7-5-9)15(18,19)20/h1-3,9,11H,4-8H2. The Morgan fingerprint density at radius 1 is 1.19 bits per heavy atom. The molecule has 0 radical (unpaired) electrons. The van der Waals surface area contributed by atoms with Gasteiger partial charge in [-0.2, -0.15) is 13.2 Å². The Bertz CT molecular complexity index is 519. The van der Waals surface area contributed by atoms with Crippen LogP contribution in [0.4, 0.5) is 17.6 Å². The van der Waals surface area contributed by atoms with Gasteiger partial charge in [-0.15, -0.1) is 0 Å². The molecule has 0 amide bonds. The molecule has 0 aliphatic heterocycles. The average Bonchev–Trinajstić information content (AvgIpc) is 2.43. The number of carbonyl (C=O) groups excluding carboxylic acids is 1. The van der Waals surface area contributed by atoms with Crippen LogP contribution in [0.2, 0.25) is 0 Å².